The van der Waals surface area contributed by atoms with Gasteiger partial charge >= 0.3 is 0 Å². The molecule has 0 aromatic rings. The van der Waals surface area contributed by atoms with Crippen LogP contribution in [0.25, 0.3) is 0 Å². The van der Waals surface area contributed by atoms with Gasteiger partial charge in [-0.05, 0) is 99.2 Å². The third kappa shape index (κ3) is 2.22. The molecule has 4 rings (SSSR count). The first kappa shape index (κ1) is 16.9. The van der Waals surface area contributed by atoms with E-state index in [1.807, 2.05) is 6.92 Å². The maximum absolute atomic E-state index is 10.1. The van der Waals surface area contributed by atoms with E-state index in [2.05, 4.69) is 19.0 Å². The summed E-state index contributed by atoms with van der Waals surface area (Å²) in [7, 11) is 0. The van der Waals surface area contributed by atoms with Crippen molar-refractivity contribution in [3.8, 4) is 0 Å². The summed E-state index contributed by atoms with van der Waals surface area (Å²) in [5, 5.41) is 23.0. The molecule has 0 aromatic carbocycles. The highest BCUT2D eigenvalue weighted by atomic mass is 16.4. The van der Waals surface area contributed by atoms with Gasteiger partial charge < -0.3 is 10.3 Å². The fourth-order valence-corrected chi connectivity index (χ4v) is 7.99. The van der Waals surface area contributed by atoms with Gasteiger partial charge in [0.05, 0.1) is 11.8 Å². The van der Waals surface area contributed by atoms with E-state index in [1.54, 1.807) is 0 Å². The van der Waals surface area contributed by atoms with E-state index < -0.39 is 0 Å². The minimum Gasteiger partial charge on any atom is -0.411 e. The summed E-state index contributed by atoms with van der Waals surface area (Å²) in [4.78, 5) is 0. The summed E-state index contributed by atoms with van der Waals surface area (Å²) in [5.41, 5.74) is 1.76. The van der Waals surface area contributed by atoms with Gasteiger partial charge in [-0.25, -0.2) is 0 Å². The van der Waals surface area contributed by atoms with Crippen LogP contribution in [0.5, 0.6) is 0 Å². The van der Waals surface area contributed by atoms with Crippen molar-refractivity contribution in [3.05, 3.63) is 0 Å². The molecule has 2 N–H and O–H groups in total. The average molecular weight is 334 g/mol. The molecule has 3 heteroatoms. The topological polar surface area (TPSA) is 52.8 Å². The standard InChI is InChI=1S/C21H35NO2/c1-13(22-24)17-6-7-18-16-5-4-14-12-15(23)8-10-20(14,2)19(16)9-11-21(17,18)3/h14-19,23-24H,4-12H2,1-3H3/b22-13+/t14?,15-,16-,17+,18-,19-,20-,21+/m0/s1. The first-order valence-electron chi connectivity index (χ1n) is 10.3. The molecule has 0 aliphatic heterocycles. The molecule has 4 aliphatic carbocycles. The SMILES string of the molecule is C/C(=N\O)[C@H]1CC[C@H]2[C@@H]3CCC4C[C@@H](O)CC[C@]4(C)[C@H]3CC[C@]12C. The highest BCUT2D eigenvalue weighted by Crippen LogP contribution is 2.67. The van der Waals surface area contributed by atoms with Crippen molar-refractivity contribution in [2.75, 3.05) is 0 Å². The zero-order valence-electron chi connectivity index (χ0n) is 15.7. The Bertz CT molecular complexity index is 532. The second-order valence-corrected chi connectivity index (χ2v) is 10.0. The molecule has 0 heterocycles. The Morgan fingerprint density at radius 2 is 1.62 bits per heavy atom. The van der Waals surface area contributed by atoms with E-state index in [0.717, 1.165) is 42.2 Å². The van der Waals surface area contributed by atoms with Gasteiger partial charge in [0.15, 0.2) is 0 Å². The van der Waals surface area contributed by atoms with Crippen molar-refractivity contribution in [1.29, 1.82) is 0 Å². The van der Waals surface area contributed by atoms with Crippen molar-refractivity contribution < 1.29 is 10.3 Å². The molecule has 0 spiro atoms. The van der Waals surface area contributed by atoms with Crippen LogP contribution in [-0.4, -0.2) is 22.1 Å². The van der Waals surface area contributed by atoms with Crippen molar-refractivity contribution in [3.63, 3.8) is 0 Å². The number of hydrogen-bond donors (Lipinski definition) is 2. The quantitative estimate of drug-likeness (QED) is 0.409. The Morgan fingerprint density at radius 3 is 2.38 bits per heavy atom. The molecule has 4 aliphatic rings. The molecule has 0 amide bonds. The average Bonchev–Trinajstić information content (AvgIpc) is 2.92. The second kappa shape index (κ2) is 5.72. The Balaban J connectivity index is 1.61. The van der Waals surface area contributed by atoms with Gasteiger partial charge in [0.1, 0.15) is 0 Å². The van der Waals surface area contributed by atoms with E-state index in [4.69, 9.17) is 0 Å². The highest BCUT2D eigenvalue weighted by molar-refractivity contribution is 5.84. The summed E-state index contributed by atoms with van der Waals surface area (Å²) >= 11 is 0. The lowest BCUT2D eigenvalue weighted by atomic mass is 9.44. The van der Waals surface area contributed by atoms with Crippen molar-refractivity contribution >= 4 is 5.71 Å². The van der Waals surface area contributed by atoms with Crippen LogP contribution in [0.1, 0.15) is 78.6 Å². The van der Waals surface area contributed by atoms with Crippen LogP contribution in [-0.2, 0) is 0 Å². The van der Waals surface area contributed by atoms with Gasteiger partial charge in [0.2, 0.25) is 0 Å². The Morgan fingerprint density at radius 1 is 0.917 bits per heavy atom. The summed E-state index contributed by atoms with van der Waals surface area (Å²) in [6, 6.07) is 0. The highest BCUT2D eigenvalue weighted by Gasteiger charge is 2.60. The third-order valence-electron chi connectivity index (χ3n) is 9.30. The number of nitrogens with zero attached hydrogens (tertiary/aromatic N) is 1. The van der Waals surface area contributed by atoms with Gasteiger partial charge in [0, 0.05) is 5.92 Å². The fraction of sp³-hybridized carbons (Fsp3) is 0.952. The van der Waals surface area contributed by atoms with Gasteiger partial charge in [-0.2, -0.15) is 0 Å². The molecule has 136 valence electrons. The van der Waals surface area contributed by atoms with Crippen LogP contribution in [0.4, 0.5) is 0 Å². The molecule has 0 radical (unpaired) electrons. The summed E-state index contributed by atoms with van der Waals surface area (Å²) in [6.45, 7) is 7.06. The number of fused-ring (bicyclic) bond motifs is 5. The smallest absolute Gasteiger partial charge is 0.0576 e. The number of aliphatic hydroxyl groups is 1. The zero-order valence-corrected chi connectivity index (χ0v) is 15.7. The van der Waals surface area contributed by atoms with Crippen molar-refractivity contribution in [1.82, 2.24) is 0 Å². The molecule has 0 aromatic heterocycles. The van der Waals surface area contributed by atoms with E-state index in [0.29, 0.717) is 16.7 Å². The summed E-state index contributed by atoms with van der Waals surface area (Å²) in [6.07, 6.45) is 11.1. The predicted molar refractivity (Wildman–Crippen MR) is 96.1 cm³/mol. The number of aliphatic hydroxyl groups excluding tert-OH is 1. The van der Waals surface area contributed by atoms with E-state index in [9.17, 15) is 10.3 Å². The normalized spacial score (nSPS) is 54.8. The Kier molecular flexibility index (Phi) is 4.02. The largest absolute Gasteiger partial charge is 0.411 e. The zero-order chi connectivity index (χ0) is 17.1. The van der Waals surface area contributed by atoms with Crippen LogP contribution < -0.4 is 0 Å². The molecule has 24 heavy (non-hydrogen) atoms. The molecule has 1 unspecified atom stereocenters. The lowest BCUT2D eigenvalue weighted by Crippen LogP contribution is -2.54. The molecule has 3 nitrogen and oxygen atoms in total. The van der Waals surface area contributed by atoms with E-state index >= 15 is 0 Å². The van der Waals surface area contributed by atoms with Gasteiger partial charge in [0.25, 0.3) is 0 Å². The van der Waals surface area contributed by atoms with Crippen LogP contribution in [0, 0.1) is 40.4 Å². The lowest BCUT2D eigenvalue weighted by molar-refractivity contribution is -0.123. The lowest BCUT2D eigenvalue weighted by Gasteiger charge is -2.61. The van der Waals surface area contributed by atoms with Crippen LogP contribution in [0.15, 0.2) is 5.16 Å². The molecule has 0 saturated heterocycles. The number of hydrogen-bond acceptors (Lipinski definition) is 3. The Labute approximate surface area is 146 Å². The first-order chi connectivity index (χ1) is 11.4. The third-order valence-corrected chi connectivity index (χ3v) is 9.30. The van der Waals surface area contributed by atoms with Gasteiger partial charge in [-0.3, -0.25) is 0 Å². The van der Waals surface area contributed by atoms with Crippen molar-refractivity contribution in [2.24, 2.45) is 45.6 Å². The van der Waals surface area contributed by atoms with Crippen LogP contribution in [0.3, 0.4) is 0 Å². The molecule has 4 saturated carbocycles. The predicted octanol–water partition coefficient (Wildman–Crippen LogP) is 4.86. The molecule has 8 atom stereocenters. The van der Waals surface area contributed by atoms with E-state index in [1.165, 1.54) is 44.9 Å². The molecule has 0 bridgehead atoms. The number of oxime groups is 1. The van der Waals surface area contributed by atoms with Crippen LogP contribution >= 0.6 is 0 Å². The van der Waals surface area contributed by atoms with Gasteiger partial charge in [-0.1, -0.05) is 19.0 Å². The maximum atomic E-state index is 10.1. The van der Waals surface area contributed by atoms with Crippen molar-refractivity contribution in [2.45, 2.75) is 84.7 Å². The van der Waals surface area contributed by atoms with E-state index in [-0.39, 0.29) is 6.10 Å². The fourth-order valence-electron chi connectivity index (χ4n) is 7.99. The minimum atomic E-state index is -0.0484. The first-order valence-corrected chi connectivity index (χ1v) is 10.3. The number of rotatable bonds is 1. The molecular formula is C21H35NO2. The second-order valence-electron chi connectivity index (χ2n) is 10.0. The maximum Gasteiger partial charge on any atom is 0.0576 e. The summed E-state index contributed by atoms with van der Waals surface area (Å²) in [5.74, 6) is 3.74. The molecule has 4 fully saturated rings. The van der Waals surface area contributed by atoms with Crippen LogP contribution in [0.2, 0.25) is 0 Å². The monoisotopic (exact) mass is 333 g/mol. The summed E-state index contributed by atoms with van der Waals surface area (Å²) < 4.78 is 0. The van der Waals surface area contributed by atoms with Gasteiger partial charge in [-0.15, -0.1) is 0 Å². The molecular weight excluding hydrogens is 298 g/mol. The Hall–Kier alpha value is -0.570. The minimum absolute atomic E-state index is 0.0484.